The lowest BCUT2D eigenvalue weighted by Gasteiger charge is -2.16. The van der Waals surface area contributed by atoms with Gasteiger partial charge in [0.1, 0.15) is 0 Å². The van der Waals surface area contributed by atoms with Crippen molar-refractivity contribution in [3.63, 3.8) is 0 Å². The molecule has 154 valence electrons. The maximum Gasteiger partial charge on any atom is 0.416 e. The number of nitrogens with zero attached hydrogens (tertiary/aromatic N) is 2. The third-order valence-corrected chi connectivity index (χ3v) is 4.26. The van der Waals surface area contributed by atoms with Crippen LogP contribution in [0.5, 0.6) is 0 Å². The molecule has 0 saturated carbocycles. The van der Waals surface area contributed by atoms with Crippen molar-refractivity contribution in [2.75, 3.05) is 13.6 Å². The van der Waals surface area contributed by atoms with Crippen molar-refractivity contribution in [1.29, 1.82) is 0 Å². The van der Waals surface area contributed by atoms with Crippen LogP contribution in [0.3, 0.4) is 0 Å². The fraction of sp³-hybridized carbons (Fsp3) is 0.400. The lowest BCUT2D eigenvalue weighted by atomic mass is 9.96. The number of alkyl halides is 3. The van der Waals surface area contributed by atoms with E-state index >= 15 is 0 Å². The molecule has 0 aliphatic rings. The largest absolute Gasteiger partial charge is 0.416 e. The van der Waals surface area contributed by atoms with Gasteiger partial charge in [-0.05, 0) is 43.0 Å². The van der Waals surface area contributed by atoms with Gasteiger partial charge in [-0.1, -0.05) is 31.2 Å². The van der Waals surface area contributed by atoms with E-state index < -0.39 is 11.7 Å². The van der Waals surface area contributed by atoms with Crippen LogP contribution < -0.4 is 10.6 Å². The highest BCUT2D eigenvalue weighted by atomic mass is 127. The van der Waals surface area contributed by atoms with Gasteiger partial charge in [0.15, 0.2) is 5.96 Å². The molecule has 2 rings (SSSR count). The number of guanidine groups is 1. The second-order valence-corrected chi connectivity index (χ2v) is 6.44. The molecule has 0 amide bonds. The first-order chi connectivity index (χ1) is 12.8. The van der Waals surface area contributed by atoms with Crippen molar-refractivity contribution in [3.05, 3.63) is 65.0 Å². The Hall–Kier alpha value is -1.84. The van der Waals surface area contributed by atoms with E-state index in [1.807, 2.05) is 32.0 Å². The summed E-state index contributed by atoms with van der Waals surface area (Å²) in [6.45, 7) is 5.00. The van der Waals surface area contributed by atoms with E-state index in [1.165, 1.54) is 12.1 Å². The van der Waals surface area contributed by atoms with Crippen LogP contribution in [-0.2, 0) is 12.7 Å². The van der Waals surface area contributed by atoms with Gasteiger partial charge in [-0.3, -0.25) is 9.98 Å². The Morgan fingerprint density at radius 1 is 1.14 bits per heavy atom. The van der Waals surface area contributed by atoms with Crippen LogP contribution in [0.15, 0.2) is 47.5 Å². The molecule has 2 N–H and O–H groups in total. The van der Waals surface area contributed by atoms with Crippen LogP contribution in [0.2, 0.25) is 0 Å². The Morgan fingerprint density at radius 2 is 1.86 bits per heavy atom. The van der Waals surface area contributed by atoms with Gasteiger partial charge in [-0.15, -0.1) is 24.0 Å². The SMILES string of the molecule is CN=C(NCCC(C)c1cccc(C(F)(F)F)c1)NCc1cccc(C)n1.I. The Kier molecular flexibility index (Phi) is 9.71. The van der Waals surface area contributed by atoms with E-state index in [0.29, 0.717) is 31.0 Å². The van der Waals surface area contributed by atoms with Gasteiger partial charge < -0.3 is 10.6 Å². The third kappa shape index (κ3) is 7.65. The summed E-state index contributed by atoms with van der Waals surface area (Å²) in [7, 11) is 1.68. The highest BCUT2D eigenvalue weighted by Crippen LogP contribution is 2.31. The van der Waals surface area contributed by atoms with Gasteiger partial charge in [0.25, 0.3) is 0 Å². The number of nitrogens with one attached hydrogen (secondary N) is 2. The summed E-state index contributed by atoms with van der Waals surface area (Å²) in [5.41, 5.74) is 1.93. The molecule has 8 heteroatoms. The zero-order chi connectivity index (χ0) is 19.9. The average molecular weight is 506 g/mol. The maximum absolute atomic E-state index is 12.8. The van der Waals surface area contributed by atoms with Crippen molar-refractivity contribution in [3.8, 4) is 0 Å². The molecule has 1 aromatic heterocycles. The van der Waals surface area contributed by atoms with Crippen LogP contribution in [0.1, 0.15) is 41.8 Å². The fourth-order valence-corrected chi connectivity index (χ4v) is 2.69. The van der Waals surface area contributed by atoms with Crippen LogP contribution in [0, 0.1) is 6.92 Å². The molecule has 4 nitrogen and oxygen atoms in total. The topological polar surface area (TPSA) is 49.3 Å². The zero-order valence-electron chi connectivity index (χ0n) is 16.2. The summed E-state index contributed by atoms with van der Waals surface area (Å²) in [6.07, 6.45) is -3.63. The normalized spacial score (nSPS) is 12.9. The number of hydrogen-bond acceptors (Lipinski definition) is 2. The second kappa shape index (κ2) is 11.2. The first-order valence-corrected chi connectivity index (χ1v) is 8.84. The van der Waals surface area contributed by atoms with Gasteiger partial charge in [0.2, 0.25) is 0 Å². The Bertz CT molecular complexity index is 778. The molecule has 0 saturated heterocycles. The molecule has 0 aliphatic carbocycles. The maximum atomic E-state index is 12.8. The predicted octanol–water partition coefficient (Wildman–Crippen LogP) is 4.89. The molecule has 0 aliphatic heterocycles. The summed E-state index contributed by atoms with van der Waals surface area (Å²) in [6, 6.07) is 11.3. The molecule has 0 fully saturated rings. The minimum Gasteiger partial charge on any atom is -0.356 e. The Morgan fingerprint density at radius 3 is 2.50 bits per heavy atom. The van der Waals surface area contributed by atoms with Gasteiger partial charge in [-0.25, -0.2) is 0 Å². The molecule has 0 radical (unpaired) electrons. The number of halogens is 4. The highest BCUT2D eigenvalue weighted by molar-refractivity contribution is 14.0. The minimum absolute atomic E-state index is 0. The molecule has 0 spiro atoms. The molecule has 2 aromatic rings. The lowest BCUT2D eigenvalue weighted by molar-refractivity contribution is -0.137. The summed E-state index contributed by atoms with van der Waals surface area (Å²) < 4.78 is 38.5. The van der Waals surface area contributed by atoms with Gasteiger partial charge in [-0.2, -0.15) is 13.2 Å². The Labute approximate surface area is 181 Å². The van der Waals surface area contributed by atoms with Crippen LogP contribution >= 0.6 is 24.0 Å². The first kappa shape index (κ1) is 24.2. The van der Waals surface area contributed by atoms with E-state index in [2.05, 4.69) is 20.6 Å². The molecular formula is C20H26F3IN4. The molecular weight excluding hydrogens is 480 g/mol. The zero-order valence-corrected chi connectivity index (χ0v) is 18.5. The lowest BCUT2D eigenvalue weighted by Crippen LogP contribution is -2.37. The number of pyridine rings is 1. The minimum atomic E-state index is -4.32. The summed E-state index contributed by atoms with van der Waals surface area (Å²) >= 11 is 0. The van der Waals surface area contributed by atoms with Crippen LogP contribution in [0.4, 0.5) is 13.2 Å². The smallest absolute Gasteiger partial charge is 0.356 e. The van der Waals surface area contributed by atoms with E-state index in [-0.39, 0.29) is 29.9 Å². The van der Waals surface area contributed by atoms with Crippen molar-refractivity contribution >= 4 is 29.9 Å². The van der Waals surface area contributed by atoms with Crippen molar-refractivity contribution in [2.45, 2.75) is 38.9 Å². The number of benzene rings is 1. The van der Waals surface area contributed by atoms with Crippen molar-refractivity contribution < 1.29 is 13.2 Å². The predicted molar refractivity (Wildman–Crippen MR) is 117 cm³/mol. The van der Waals surface area contributed by atoms with E-state index in [0.717, 1.165) is 17.5 Å². The van der Waals surface area contributed by atoms with Gasteiger partial charge in [0, 0.05) is 19.3 Å². The first-order valence-electron chi connectivity index (χ1n) is 8.84. The molecule has 28 heavy (non-hydrogen) atoms. The molecule has 1 unspecified atom stereocenters. The molecule has 1 aromatic carbocycles. The van der Waals surface area contributed by atoms with E-state index in [4.69, 9.17) is 0 Å². The monoisotopic (exact) mass is 506 g/mol. The standard InChI is InChI=1S/C20H25F3N4.HI/c1-14(16-7-5-8-17(12-16)20(21,22)23)10-11-25-19(24-3)26-13-18-9-4-6-15(2)27-18;/h4-9,12,14H,10-11,13H2,1-3H3,(H2,24,25,26);1H. The Balaban J connectivity index is 0.00000392. The molecule has 0 bridgehead atoms. The second-order valence-electron chi connectivity index (χ2n) is 6.44. The number of aryl methyl sites for hydroxylation is 1. The quantitative estimate of drug-likeness (QED) is 0.334. The highest BCUT2D eigenvalue weighted by Gasteiger charge is 2.30. The van der Waals surface area contributed by atoms with Crippen LogP contribution in [-0.4, -0.2) is 24.5 Å². The van der Waals surface area contributed by atoms with Crippen molar-refractivity contribution in [1.82, 2.24) is 15.6 Å². The third-order valence-electron chi connectivity index (χ3n) is 4.26. The summed E-state index contributed by atoms with van der Waals surface area (Å²) in [4.78, 5) is 8.58. The number of aliphatic imine (C=N–C) groups is 1. The van der Waals surface area contributed by atoms with Gasteiger partial charge in [0.05, 0.1) is 17.8 Å². The summed E-state index contributed by atoms with van der Waals surface area (Å²) in [5.74, 6) is 0.630. The van der Waals surface area contributed by atoms with Gasteiger partial charge >= 0.3 is 6.18 Å². The summed E-state index contributed by atoms with van der Waals surface area (Å²) in [5, 5.41) is 6.37. The molecule has 1 atom stereocenters. The number of hydrogen-bond donors (Lipinski definition) is 2. The van der Waals surface area contributed by atoms with E-state index in [1.54, 1.807) is 13.1 Å². The number of rotatable bonds is 6. The average Bonchev–Trinajstić information content (AvgIpc) is 2.64. The number of aromatic nitrogens is 1. The van der Waals surface area contributed by atoms with Crippen LogP contribution in [0.25, 0.3) is 0 Å². The fourth-order valence-electron chi connectivity index (χ4n) is 2.69. The van der Waals surface area contributed by atoms with E-state index in [9.17, 15) is 13.2 Å². The molecule has 1 heterocycles. The van der Waals surface area contributed by atoms with Crippen molar-refractivity contribution in [2.24, 2.45) is 4.99 Å².